The lowest BCUT2D eigenvalue weighted by molar-refractivity contribution is -0.153. The Morgan fingerprint density at radius 3 is 2.62 bits per heavy atom. The monoisotopic (exact) mass is 228 g/mol. The Morgan fingerprint density at radius 2 is 2.19 bits per heavy atom. The van der Waals surface area contributed by atoms with Gasteiger partial charge in [-0.25, -0.2) is 0 Å². The molecule has 0 bridgehead atoms. The van der Waals surface area contributed by atoms with Gasteiger partial charge < -0.3 is 15.4 Å². The highest BCUT2D eigenvalue weighted by atomic mass is 16.6. The van der Waals surface area contributed by atoms with Crippen molar-refractivity contribution in [1.29, 1.82) is 0 Å². The van der Waals surface area contributed by atoms with Gasteiger partial charge in [0, 0.05) is 18.5 Å². The highest BCUT2D eigenvalue weighted by Crippen LogP contribution is 2.09. The molecule has 1 heterocycles. The molecule has 0 aromatic carbocycles. The number of nitrogens with one attached hydrogen (secondary N) is 2. The van der Waals surface area contributed by atoms with Gasteiger partial charge in [-0.2, -0.15) is 0 Å². The molecule has 92 valence electrons. The summed E-state index contributed by atoms with van der Waals surface area (Å²) in [6.45, 7) is 7.54. The minimum atomic E-state index is -0.464. The molecule has 1 saturated heterocycles. The van der Waals surface area contributed by atoms with E-state index in [1.807, 2.05) is 27.7 Å². The van der Waals surface area contributed by atoms with E-state index in [0.717, 1.165) is 0 Å². The van der Waals surface area contributed by atoms with E-state index >= 15 is 0 Å². The summed E-state index contributed by atoms with van der Waals surface area (Å²) in [6.07, 6.45) is 0.421. The number of amides is 1. The zero-order valence-electron chi connectivity index (χ0n) is 10.3. The molecule has 5 nitrogen and oxygen atoms in total. The fourth-order valence-electron chi connectivity index (χ4n) is 1.63. The molecule has 0 aromatic rings. The van der Waals surface area contributed by atoms with Crippen LogP contribution in [-0.2, 0) is 14.3 Å². The molecule has 2 atom stereocenters. The van der Waals surface area contributed by atoms with E-state index in [1.165, 1.54) is 0 Å². The molecule has 16 heavy (non-hydrogen) atoms. The van der Waals surface area contributed by atoms with Crippen LogP contribution in [0.2, 0.25) is 0 Å². The molecule has 1 rings (SSSR count). The van der Waals surface area contributed by atoms with Crippen LogP contribution >= 0.6 is 0 Å². The Bertz CT molecular complexity index is 283. The largest absolute Gasteiger partial charge is 0.459 e. The smallest absolute Gasteiger partial charge is 0.320 e. The van der Waals surface area contributed by atoms with Gasteiger partial charge in [-0.05, 0) is 27.7 Å². The lowest BCUT2D eigenvalue weighted by atomic mass is 10.1. The van der Waals surface area contributed by atoms with E-state index in [-0.39, 0.29) is 30.5 Å². The normalized spacial score (nSPS) is 25.4. The summed E-state index contributed by atoms with van der Waals surface area (Å²) < 4.78 is 5.15. The Hall–Kier alpha value is -1.10. The molecule has 0 spiro atoms. The molecule has 0 radical (unpaired) electrons. The lowest BCUT2D eigenvalue weighted by Gasteiger charge is -2.21. The number of rotatable bonds is 3. The predicted octanol–water partition coefficient (Wildman–Crippen LogP) is 0.195. The maximum Gasteiger partial charge on any atom is 0.320 e. The molecular formula is C11H20N2O3. The molecule has 1 amide bonds. The number of carbonyl (C=O) groups excluding carboxylic acids is 2. The van der Waals surface area contributed by atoms with E-state index in [9.17, 15) is 9.59 Å². The van der Waals surface area contributed by atoms with Crippen molar-refractivity contribution in [1.82, 2.24) is 10.6 Å². The third-order valence-corrected chi connectivity index (χ3v) is 2.33. The Kier molecular flexibility index (Phi) is 3.91. The fraction of sp³-hybridized carbons (Fsp3) is 0.818. The lowest BCUT2D eigenvalue weighted by Crippen LogP contribution is -2.42. The van der Waals surface area contributed by atoms with Crippen LogP contribution in [0.3, 0.4) is 0 Å². The second-order valence-corrected chi connectivity index (χ2v) is 5.13. The second-order valence-electron chi connectivity index (χ2n) is 5.13. The van der Waals surface area contributed by atoms with Crippen LogP contribution in [0.15, 0.2) is 0 Å². The van der Waals surface area contributed by atoms with Crippen LogP contribution in [0, 0.1) is 0 Å². The zero-order valence-corrected chi connectivity index (χ0v) is 10.3. The number of esters is 1. The maximum absolute atomic E-state index is 11.4. The average Bonchev–Trinajstić information content (AvgIpc) is 2.38. The van der Waals surface area contributed by atoms with E-state index in [1.54, 1.807) is 0 Å². The van der Waals surface area contributed by atoms with Crippen molar-refractivity contribution in [2.45, 2.75) is 51.8 Å². The van der Waals surface area contributed by atoms with Crippen LogP contribution in [0.4, 0.5) is 0 Å². The first-order valence-electron chi connectivity index (χ1n) is 5.52. The van der Waals surface area contributed by atoms with Crippen molar-refractivity contribution in [2.24, 2.45) is 0 Å². The molecule has 0 aromatic heterocycles. The molecular weight excluding hydrogens is 208 g/mol. The van der Waals surface area contributed by atoms with Crippen molar-refractivity contribution in [3.8, 4) is 0 Å². The molecule has 2 N–H and O–H groups in total. The van der Waals surface area contributed by atoms with Crippen molar-refractivity contribution in [3.63, 3.8) is 0 Å². The average molecular weight is 228 g/mol. The molecule has 0 unspecified atom stereocenters. The Labute approximate surface area is 95.9 Å². The molecule has 1 aliphatic heterocycles. The van der Waals surface area contributed by atoms with E-state index in [4.69, 9.17) is 4.74 Å². The number of ether oxygens (including phenoxy) is 1. The van der Waals surface area contributed by atoms with Crippen LogP contribution in [0.1, 0.15) is 34.1 Å². The third kappa shape index (κ3) is 4.18. The molecule has 0 saturated carbocycles. The highest BCUT2D eigenvalue weighted by Gasteiger charge is 2.29. The van der Waals surface area contributed by atoms with Gasteiger partial charge in [0.15, 0.2) is 0 Å². The summed E-state index contributed by atoms with van der Waals surface area (Å²) in [4.78, 5) is 22.5. The van der Waals surface area contributed by atoms with Gasteiger partial charge in [-0.15, -0.1) is 0 Å². The standard InChI is InChI=1S/C11H20N2O3/c1-7-8(5-9(14)13-7)12-6-10(15)16-11(2,3)4/h7-8,12H,5-6H2,1-4H3,(H,13,14)/t7-,8-/m0/s1. The van der Waals surface area contributed by atoms with Crippen LogP contribution < -0.4 is 10.6 Å². The van der Waals surface area contributed by atoms with Gasteiger partial charge >= 0.3 is 5.97 Å². The minimum absolute atomic E-state index is 0.0139. The first kappa shape index (κ1) is 13.0. The van der Waals surface area contributed by atoms with Crippen molar-refractivity contribution in [3.05, 3.63) is 0 Å². The van der Waals surface area contributed by atoms with Gasteiger partial charge in [-0.3, -0.25) is 9.59 Å². The summed E-state index contributed by atoms with van der Waals surface area (Å²) in [5.74, 6) is -0.270. The SMILES string of the molecule is C[C@@H]1NC(=O)C[C@@H]1NCC(=O)OC(C)(C)C. The van der Waals surface area contributed by atoms with Gasteiger partial charge in [0.2, 0.25) is 5.91 Å². The first-order valence-corrected chi connectivity index (χ1v) is 5.52. The van der Waals surface area contributed by atoms with Crippen molar-refractivity contribution in [2.75, 3.05) is 6.54 Å². The molecule has 5 heteroatoms. The zero-order chi connectivity index (χ0) is 12.3. The van der Waals surface area contributed by atoms with Crippen LogP contribution in [0.25, 0.3) is 0 Å². The van der Waals surface area contributed by atoms with Gasteiger partial charge in [-0.1, -0.05) is 0 Å². The quantitative estimate of drug-likeness (QED) is 0.677. The third-order valence-electron chi connectivity index (χ3n) is 2.33. The van der Waals surface area contributed by atoms with E-state index in [2.05, 4.69) is 10.6 Å². The summed E-state index contributed by atoms with van der Waals surface area (Å²) in [5.41, 5.74) is -0.464. The topological polar surface area (TPSA) is 67.4 Å². The van der Waals surface area contributed by atoms with Gasteiger partial charge in [0.1, 0.15) is 5.60 Å². The van der Waals surface area contributed by atoms with E-state index in [0.29, 0.717) is 6.42 Å². The Morgan fingerprint density at radius 1 is 1.56 bits per heavy atom. The fourth-order valence-corrected chi connectivity index (χ4v) is 1.63. The predicted molar refractivity (Wildman–Crippen MR) is 59.9 cm³/mol. The second kappa shape index (κ2) is 4.82. The maximum atomic E-state index is 11.4. The molecule has 1 aliphatic rings. The van der Waals surface area contributed by atoms with Gasteiger partial charge in [0.25, 0.3) is 0 Å². The van der Waals surface area contributed by atoms with Gasteiger partial charge in [0.05, 0.1) is 6.54 Å². The summed E-state index contributed by atoms with van der Waals surface area (Å²) in [6, 6.07) is 0.0787. The molecule has 0 aliphatic carbocycles. The first-order chi connectivity index (χ1) is 7.28. The van der Waals surface area contributed by atoms with Crippen molar-refractivity contribution >= 4 is 11.9 Å². The number of hydrogen-bond donors (Lipinski definition) is 2. The number of hydrogen-bond acceptors (Lipinski definition) is 4. The van der Waals surface area contributed by atoms with Crippen molar-refractivity contribution < 1.29 is 14.3 Å². The summed E-state index contributed by atoms with van der Waals surface area (Å²) in [7, 11) is 0. The van der Waals surface area contributed by atoms with E-state index < -0.39 is 5.60 Å². The summed E-state index contributed by atoms with van der Waals surface area (Å²) >= 11 is 0. The van der Waals surface area contributed by atoms with Crippen LogP contribution in [-0.4, -0.2) is 36.1 Å². The number of carbonyl (C=O) groups is 2. The molecule has 1 fully saturated rings. The highest BCUT2D eigenvalue weighted by molar-refractivity contribution is 5.80. The Balaban J connectivity index is 2.30. The minimum Gasteiger partial charge on any atom is -0.459 e. The van der Waals surface area contributed by atoms with Crippen LogP contribution in [0.5, 0.6) is 0 Å². The summed E-state index contributed by atoms with van der Waals surface area (Å²) in [5, 5.41) is 5.81.